The quantitative estimate of drug-likeness (QED) is 0.907. The summed E-state index contributed by atoms with van der Waals surface area (Å²) in [5, 5.41) is 3.59. The summed E-state index contributed by atoms with van der Waals surface area (Å²) in [6, 6.07) is 5.96. The average molecular weight is 267 g/mol. The molecule has 2 atom stereocenters. The fourth-order valence-electron chi connectivity index (χ4n) is 2.36. The van der Waals surface area contributed by atoms with Gasteiger partial charge < -0.3 is 5.32 Å². The number of amides is 1. The van der Waals surface area contributed by atoms with Crippen molar-refractivity contribution < 1.29 is 9.18 Å². The van der Waals surface area contributed by atoms with Gasteiger partial charge in [0.1, 0.15) is 5.82 Å². The normalized spacial score (nSPS) is 23.0. The Bertz CT molecular complexity index is 407. The second-order valence-electron chi connectivity index (χ2n) is 4.51. The van der Waals surface area contributed by atoms with Crippen molar-refractivity contribution in [2.45, 2.75) is 37.5 Å². The van der Waals surface area contributed by atoms with Crippen LogP contribution in [0.25, 0.3) is 0 Å². The molecule has 1 aromatic carbocycles. The lowest BCUT2D eigenvalue weighted by atomic mass is 10.2. The van der Waals surface area contributed by atoms with E-state index in [4.69, 9.17) is 0 Å². The van der Waals surface area contributed by atoms with Crippen molar-refractivity contribution in [1.82, 2.24) is 5.32 Å². The summed E-state index contributed by atoms with van der Waals surface area (Å²) in [5.74, 6) is 0.670. The maximum atomic E-state index is 12.8. The van der Waals surface area contributed by atoms with Gasteiger partial charge in [-0.3, -0.25) is 4.79 Å². The molecule has 1 N–H and O–H groups in total. The zero-order valence-corrected chi connectivity index (χ0v) is 11.3. The minimum absolute atomic E-state index is 0.0939. The molecule has 1 aliphatic rings. The molecule has 0 spiro atoms. The number of nitrogens with one attached hydrogen (secondary N) is 1. The van der Waals surface area contributed by atoms with Crippen molar-refractivity contribution >= 4 is 17.7 Å². The molecule has 1 aliphatic carbocycles. The number of benzene rings is 1. The summed E-state index contributed by atoms with van der Waals surface area (Å²) in [7, 11) is 0. The van der Waals surface area contributed by atoms with Gasteiger partial charge in [-0.15, -0.1) is 0 Å². The molecule has 0 aromatic heterocycles. The van der Waals surface area contributed by atoms with Crippen molar-refractivity contribution in [3.05, 3.63) is 35.6 Å². The van der Waals surface area contributed by atoms with E-state index in [0.29, 0.717) is 10.8 Å². The van der Waals surface area contributed by atoms with Gasteiger partial charge >= 0.3 is 0 Å². The van der Waals surface area contributed by atoms with E-state index in [2.05, 4.69) is 12.2 Å². The average Bonchev–Trinajstić information content (AvgIpc) is 2.78. The molecule has 1 saturated carbocycles. The van der Waals surface area contributed by atoms with Crippen molar-refractivity contribution in [3.63, 3.8) is 0 Å². The Labute approximate surface area is 111 Å². The minimum Gasteiger partial charge on any atom is -0.348 e. The van der Waals surface area contributed by atoms with E-state index in [-0.39, 0.29) is 17.8 Å². The Morgan fingerprint density at radius 1 is 1.39 bits per heavy atom. The molecule has 2 nitrogen and oxygen atoms in total. The topological polar surface area (TPSA) is 29.1 Å². The predicted molar refractivity (Wildman–Crippen MR) is 73.4 cm³/mol. The van der Waals surface area contributed by atoms with Crippen molar-refractivity contribution in [3.8, 4) is 0 Å². The van der Waals surface area contributed by atoms with Gasteiger partial charge in [-0.25, -0.2) is 4.39 Å². The van der Waals surface area contributed by atoms with Crippen LogP contribution >= 0.6 is 11.8 Å². The summed E-state index contributed by atoms with van der Waals surface area (Å²) in [5.41, 5.74) is 0.531. The van der Waals surface area contributed by atoms with Gasteiger partial charge in [-0.05, 0) is 42.9 Å². The second kappa shape index (κ2) is 6.23. The van der Waals surface area contributed by atoms with E-state index >= 15 is 0 Å². The number of carbonyl (C=O) groups is 1. The zero-order chi connectivity index (χ0) is 13.0. The van der Waals surface area contributed by atoms with E-state index in [0.717, 1.165) is 12.2 Å². The van der Waals surface area contributed by atoms with Crippen molar-refractivity contribution in [1.29, 1.82) is 0 Å². The lowest BCUT2D eigenvalue weighted by molar-refractivity contribution is 0.0938. The molecule has 18 heavy (non-hydrogen) atoms. The lowest BCUT2D eigenvalue weighted by Gasteiger charge is -2.20. The highest BCUT2D eigenvalue weighted by molar-refractivity contribution is 7.99. The zero-order valence-electron chi connectivity index (χ0n) is 10.5. The Morgan fingerprint density at radius 2 is 2.11 bits per heavy atom. The highest BCUT2D eigenvalue weighted by Gasteiger charge is 2.28. The molecule has 2 unspecified atom stereocenters. The molecule has 1 amide bonds. The third-order valence-corrected chi connectivity index (χ3v) is 4.58. The number of hydrogen-bond acceptors (Lipinski definition) is 2. The molecule has 0 heterocycles. The summed E-state index contributed by atoms with van der Waals surface area (Å²) in [4.78, 5) is 12.0. The maximum Gasteiger partial charge on any atom is 0.251 e. The Hall–Kier alpha value is -1.03. The van der Waals surface area contributed by atoms with E-state index < -0.39 is 0 Å². The van der Waals surface area contributed by atoms with Gasteiger partial charge in [0, 0.05) is 16.9 Å². The standard InChI is InChI=1S/C14H18FNOS/c1-2-18-13-5-3-4-12(13)16-14(17)10-6-8-11(15)9-7-10/h6-9,12-13H,2-5H2,1H3,(H,16,17). The fourth-order valence-corrected chi connectivity index (χ4v) is 3.56. The smallest absolute Gasteiger partial charge is 0.251 e. The molecule has 0 saturated heterocycles. The van der Waals surface area contributed by atoms with Gasteiger partial charge in [0.25, 0.3) is 5.91 Å². The van der Waals surface area contributed by atoms with Gasteiger partial charge in [-0.1, -0.05) is 13.3 Å². The third-order valence-electron chi connectivity index (χ3n) is 3.26. The maximum absolute atomic E-state index is 12.8. The Balaban J connectivity index is 1.96. The molecular weight excluding hydrogens is 249 g/mol. The Morgan fingerprint density at radius 3 is 2.78 bits per heavy atom. The monoisotopic (exact) mass is 267 g/mol. The number of hydrogen-bond donors (Lipinski definition) is 1. The van der Waals surface area contributed by atoms with Crippen LogP contribution in [0, 0.1) is 5.82 Å². The van der Waals surface area contributed by atoms with Gasteiger partial charge in [0.15, 0.2) is 0 Å². The number of carbonyl (C=O) groups excluding carboxylic acids is 1. The van der Waals surface area contributed by atoms with Crippen molar-refractivity contribution in [2.24, 2.45) is 0 Å². The first-order chi connectivity index (χ1) is 8.70. The van der Waals surface area contributed by atoms with E-state index in [1.54, 1.807) is 0 Å². The van der Waals surface area contributed by atoms with Crippen molar-refractivity contribution in [2.75, 3.05) is 5.75 Å². The van der Waals surface area contributed by atoms with Gasteiger partial charge in [-0.2, -0.15) is 11.8 Å². The Kier molecular flexibility index (Phi) is 4.64. The SMILES string of the molecule is CCSC1CCCC1NC(=O)c1ccc(F)cc1. The minimum atomic E-state index is -0.313. The largest absolute Gasteiger partial charge is 0.348 e. The van der Waals surface area contributed by atoms with Crippen LogP contribution < -0.4 is 5.32 Å². The molecule has 0 aliphatic heterocycles. The highest BCUT2D eigenvalue weighted by atomic mass is 32.2. The van der Waals surface area contributed by atoms with Crippen LogP contribution in [0.2, 0.25) is 0 Å². The number of halogens is 1. The lowest BCUT2D eigenvalue weighted by Crippen LogP contribution is -2.38. The molecule has 0 bridgehead atoms. The van der Waals surface area contributed by atoms with Crippen LogP contribution in [0.5, 0.6) is 0 Å². The van der Waals surface area contributed by atoms with Crippen LogP contribution in [0.4, 0.5) is 4.39 Å². The molecule has 0 radical (unpaired) electrons. The second-order valence-corrected chi connectivity index (χ2v) is 6.03. The first-order valence-electron chi connectivity index (χ1n) is 6.38. The van der Waals surface area contributed by atoms with Crippen LogP contribution in [0.3, 0.4) is 0 Å². The van der Waals surface area contributed by atoms with Gasteiger partial charge in [0.2, 0.25) is 0 Å². The number of rotatable bonds is 4. The van der Waals surface area contributed by atoms with Crippen LogP contribution in [0.15, 0.2) is 24.3 Å². The molecule has 2 rings (SSSR count). The van der Waals surface area contributed by atoms with E-state index in [9.17, 15) is 9.18 Å². The summed E-state index contributed by atoms with van der Waals surface area (Å²) < 4.78 is 12.8. The van der Waals surface area contributed by atoms with E-state index in [1.165, 1.54) is 37.1 Å². The first kappa shape index (κ1) is 13.4. The van der Waals surface area contributed by atoms with Crippen LogP contribution in [-0.4, -0.2) is 23.0 Å². The number of thioether (sulfide) groups is 1. The van der Waals surface area contributed by atoms with Gasteiger partial charge in [0.05, 0.1) is 0 Å². The predicted octanol–water partition coefficient (Wildman–Crippen LogP) is 3.23. The molecule has 1 aromatic rings. The summed E-state index contributed by atoms with van der Waals surface area (Å²) >= 11 is 1.91. The first-order valence-corrected chi connectivity index (χ1v) is 7.43. The highest BCUT2D eigenvalue weighted by Crippen LogP contribution is 2.30. The summed E-state index contributed by atoms with van der Waals surface area (Å²) in [6.07, 6.45) is 3.39. The summed E-state index contributed by atoms with van der Waals surface area (Å²) in [6.45, 7) is 2.14. The fraction of sp³-hybridized carbons (Fsp3) is 0.500. The molecule has 98 valence electrons. The molecule has 1 fully saturated rings. The van der Waals surface area contributed by atoms with Crippen LogP contribution in [-0.2, 0) is 0 Å². The van der Waals surface area contributed by atoms with E-state index in [1.807, 2.05) is 11.8 Å². The third kappa shape index (κ3) is 3.25. The molecule has 4 heteroatoms. The van der Waals surface area contributed by atoms with Crippen LogP contribution in [0.1, 0.15) is 36.5 Å². The molecular formula is C14H18FNOS.